The summed E-state index contributed by atoms with van der Waals surface area (Å²) in [7, 11) is 1.55. The van der Waals surface area contributed by atoms with E-state index in [2.05, 4.69) is 0 Å². The van der Waals surface area contributed by atoms with Crippen LogP contribution in [0, 0.1) is 0 Å². The van der Waals surface area contributed by atoms with Crippen molar-refractivity contribution in [2.45, 2.75) is 19.8 Å². The number of carbonyl (C=O) groups excluding carboxylic acids is 1. The Hall–Kier alpha value is -1.51. The Bertz CT molecular complexity index is 331. The Morgan fingerprint density at radius 1 is 1.50 bits per heavy atom. The van der Waals surface area contributed by atoms with Gasteiger partial charge >= 0.3 is 0 Å². The summed E-state index contributed by atoms with van der Waals surface area (Å²) in [4.78, 5) is 10.8. The van der Waals surface area contributed by atoms with Crippen LogP contribution >= 0.6 is 0 Å². The van der Waals surface area contributed by atoms with Crippen molar-refractivity contribution in [3.8, 4) is 11.5 Å². The molecule has 1 aromatic carbocycles. The molecule has 3 nitrogen and oxygen atoms in total. The van der Waals surface area contributed by atoms with Crippen molar-refractivity contribution in [2.75, 3.05) is 7.11 Å². The van der Waals surface area contributed by atoms with Gasteiger partial charge in [0.25, 0.3) is 0 Å². The van der Waals surface area contributed by atoms with Crippen molar-refractivity contribution in [1.29, 1.82) is 0 Å². The van der Waals surface area contributed by atoms with Gasteiger partial charge in [-0.1, -0.05) is 6.07 Å². The van der Waals surface area contributed by atoms with E-state index in [0.29, 0.717) is 18.6 Å². The van der Waals surface area contributed by atoms with Gasteiger partial charge in [-0.15, -0.1) is 0 Å². The molecule has 0 saturated heterocycles. The molecule has 0 spiro atoms. The van der Waals surface area contributed by atoms with E-state index in [0.717, 1.165) is 5.56 Å². The van der Waals surface area contributed by atoms with E-state index in [-0.39, 0.29) is 11.5 Å². The fourth-order valence-electron chi connectivity index (χ4n) is 1.25. The summed E-state index contributed by atoms with van der Waals surface area (Å²) in [5, 5.41) is 9.20. The summed E-state index contributed by atoms with van der Waals surface area (Å²) >= 11 is 0. The molecular weight excluding hydrogens is 180 g/mol. The lowest BCUT2D eigenvalue weighted by atomic mass is 10.1. The number of methoxy groups -OCH3 is 1. The zero-order valence-electron chi connectivity index (χ0n) is 8.41. The Kier molecular flexibility index (Phi) is 3.51. The number of aryl methyl sites for hydroxylation is 1. The van der Waals surface area contributed by atoms with Gasteiger partial charge in [0.1, 0.15) is 17.3 Å². The number of Topliss-reactive ketones (excluding diaryl/α,β-unsaturated/α-hetero) is 1. The van der Waals surface area contributed by atoms with Gasteiger partial charge in [0, 0.05) is 12.5 Å². The van der Waals surface area contributed by atoms with Gasteiger partial charge in [0.15, 0.2) is 0 Å². The highest BCUT2D eigenvalue weighted by Crippen LogP contribution is 2.24. The maximum Gasteiger partial charge on any atom is 0.130 e. The van der Waals surface area contributed by atoms with Crippen molar-refractivity contribution in [2.24, 2.45) is 0 Å². The third-order valence-corrected chi connectivity index (χ3v) is 2.02. The molecule has 0 aliphatic carbocycles. The number of ether oxygens (including phenoxy) is 1. The van der Waals surface area contributed by atoms with E-state index in [1.54, 1.807) is 32.2 Å². The lowest BCUT2D eigenvalue weighted by Crippen LogP contribution is -1.96. The zero-order valence-corrected chi connectivity index (χ0v) is 8.41. The molecule has 3 heteroatoms. The van der Waals surface area contributed by atoms with E-state index in [1.165, 1.54) is 0 Å². The second-order valence-corrected chi connectivity index (χ2v) is 3.20. The molecule has 0 aromatic heterocycles. The molecule has 76 valence electrons. The van der Waals surface area contributed by atoms with Crippen LogP contribution in [0.3, 0.4) is 0 Å². The van der Waals surface area contributed by atoms with E-state index in [1.807, 2.05) is 0 Å². The van der Waals surface area contributed by atoms with Crippen molar-refractivity contribution < 1.29 is 14.6 Å². The van der Waals surface area contributed by atoms with Crippen LogP contribution in [0.1, 0.15) is 18.9 Å². The molecule has 14 heavy (non-hydrogen) atoms. The van der Waals surface area contributed by atoms with Crippen LogP contribution in [0.25, 0.3) is 0 Å². The van der Waals surface area contributed by atoms with Gasteiger partial charge in [-0.05, 0) is 25.0 Å². The maximum atomic E-state index is 10.8. The lowest BCUT2D eigenvalue weighted by Gasteiger charge is -2.07. The summed E-state index contributed by atoms with van der Waals surface area (Å²) in [5.74, 6) is 0.958. The SMILES string of the molecule is COc1cc(O)ccc1CCC(C)=O. The Labute approximate surface area is 83.3 Å². The number of carbonyl (C=O) groups is 1. The van der Waals surface area contributed by atoms with E-state index in [4.69, 9.17) is 4.74 Å². The van der Waals surface area contributed by atoms with Crippen LogP contribution < -0.4 is 4.74 Å². The molecule has 0 aliphatic heterocycles. The van der Waals surface area contributed by atoms with Gasteiger partial charge in [-0.3, -0.25) is 0 Å². The second-order valence-electron chi connectivity index (χ2n) is 3.20. The number of hydrogen-bond acceptors (Lipinski definition) is 3. The Morgan fingerprint density at radius 3 is 2.79 bits per heavy atom. The maximum absolute atomic E-state index is 10.8. The predicted molar refractivity (Wildman–Crippen MR) is 53.7 cm³/mol. The summed E-state index contributed by atoms with van der Waals surface area (Å²) in [5.41, 5.74) is 0.945. The van der Waals surface area contributed by atoms with Crippen molar-refractivity contribution in [3.05, 3.63) is 23.8 Å². The molecular formula is C11H14O3. The number of aromatic hydroxyl groups is 1. The van der Waals surface area contributed by atoms with Gasteiger partial charge in [0.05, 0.1) is 7.11 Å². The van der Waals surface area contributed by atoms with Gasteiger partial charge < -0.3 is 14.6 Å². The van der Waals surface area contributed by atoms with Gasteiger partial charge in [-0.25, -0.2) is 0 Å². The summed E-state index contributed by atoms with van der Waals surface area (Å²) in [6.07, 6.45) is 1.15. The first kappa shape index (κ1) is 10.6. The second kappa shape index (κ2) is 4.65. The average molecular weight is 194 g/mol. The fraction of sp³-hybridized carbons (Fsp3) is 0.364. The van der Waals surface area contributed by atoms with Crippen LogP contribution in [0.5, 0.6) is 11.5 Å². The van der Waals surface area contributed by atoms with Gasteiger partial charge in [-0.2, -0.15) is 0 Å². The highest BCUT2D eigenvalue weighted by molar-refractivity contribution is 5.75. The van der Waals surface area contributed by atoms with Crippen LogP contribution in [0.2, 0.25) is 0 Å². The largest absolute Gasteiger partial charge is 0.508 e. The van der Waals surface area contributed by atoms with Crippen LogP contribution in [-0.2, 0) is 11.2 Å². The third kappa shape index (κ3) is 2.76. The van der Waals surface area contributed by atoms with E-state index in [9.17, 15) is 9.90 Å². The first-order valence-electron chi connectivity index (χ1n) is 4.49. The average Bonchev–Trinajstić information content (AvgIpc) is 2.15. The Balaban J connectivity index is 2.80. The molecule has 0 bridgehead atoms. The molecule has 0 radical (unpaired) electrons. The number of phenolic OH excluding ortho intramolecular Hbond substituents is 1. The van der Waals surface area contributed by atoms with Gasteiger partial charge in [0.2, 0.25) is 0 Å². The smallest absolute Gasteiger partial charge is 0.130 e. The lowest BCUT2D eigenvalue weighted by molar-refractivity contribution is -0.116. The van der Waals surface area contributed by atoms with Crippen LogP contribution in [-0.4, -0.2) is 18.0 Å². The molecule has 0 fully saturated rings. The number of rotatable bonds is 4. The quantitative estimate of drug-likeness (QED) is 0.796. The minimum Gasteiger partial charge on any atom is -0.508 e. The first-order valence-corrected chi connectivity index (χ1v) is 4.49. The molecule has 0 heterocycles. The van der Waals surface area contributed by atoms with Crippen molar-refractivity contribution in [1.82, 2.24) is 0 Å². The molecule has 0 unspecified atom stereocenters. The van der Waals surface area contributed by atoms with Crippen molar-refractivity contribution >= 4 is 5.78 Å². The van der Waals surface area contributed by atoms with Crippen LogP contribution in [0.15, 0.2) is 18.2 Å². The molecule has 0 atom stereocenters. The first-order chi connectivity index (χ1) is 6.63. The number of benzene rings is 1. The predicted octanol–water partition coefficient (Wildman–Crippen LogP) is 1.92. The highest BCUT2D eigenvalue weighted by Gasteiger charge is 2.04. The number of phenols is 1. The zero-order chi connectivity index (χ0) is 10.6. The molecule has 1 N–H and O–H groups in total. The molecule has 1 aromatic rings. The molecule has 0 amide bonds. The number of ketones is 1. The Morgan fingerprint density at radius 2 is 2.21 bits per heavy atom. The van der Waals surface area contributed by atoms with E-state index < -0.39 is 0 Å². The van der Waals surface area contributed by atoms with E-state index >= 15 is 0 Å². The van der Waals surface area contributed by atoms with Crippen LogP contribution in [0.4, 0.5) is 0 Å². The fourth-order valence-corrected chi connectivity index (χ4v) is 1.25. The number of hydrogen-bond donors (Lipinski definition) is 1. The summed E-state index contributed by atoms with van der Waals surface area (Å²) in [6.45, 7) is 1.56. The minimum atomic E-state index is 0.153. The standard InChI is InChI=1S/C11H14O3/c1-8(12)3-4-9-5-6-10(13)7-11(9)14-2/h5-7,13H,3-4H2,1-2H3. The molecule has 0 aliphatic rings. The highest BCUT2D eigenvalue weighted by atomic mass is 16.5. The molecule has 1 rings (SSSR count). The minimum absolute atomic E-state index is 0.153. The summed E-state index contributed by atoms with van der Waals surface area (Å²) in [6, 6.07) is 4.92. The summed E-state index contributed by atoms with van der Waals surface area (Å²) < 4.78 is 5.09. The van der Waals surface area contributed by atoms with Crippen molar-refractivity contribution in [3.63, 3.8) is 0 Å². The molecule has 0 saturated carbocycles. The topological polar surface area (TPSA) is 46.5 Å². The third-order valence-electron chi connectivity index (χ3n) is 2.02. The monoisotopic (exact) mass is 194 g/mol. The normalized spacial score (nSPS) is 9.86.